The van der Waals surface area contributed by atoms with Gasteiger partial charge in [-0.05, 0) is 31.9 Å². The lowest BCUT2D eigenvalue weighted by Crippen LogP contribution is -2.27. The van der Waals surface area contributed by atoms with Gasteiger partial charge >= 0.3 is 5.97 Å². The second kappa shape index (κ2) is 3.86. The molecule has 2 aliphatic heterocycles. The molecule has 0 radical (unpaired) electrons. The first-order chi connectivity index (χ1) is 6.81. The molecule has 0 bridgehead atoms. The number of hydrogen-bond donors (Lipinski definition) is 0. The molecule has 0 aromatic carbocycles. The van der Waals surface area contributed by atoms with Crippen LogP contribution in [0.5, 0.6) is 0 Å². The molecular weight excluding hydrogens is 178 g/mol. The Labute approximate surface area is 84.0 Å². The number of nitrogens with zero attached hydrogens (tertiary/aromatic N) is 1. The molecule has 1 saturated heterocycles. The number of hydrogen-bond acceptors (Lipinski definition) is 3. The molecule has 3 heteroatoms. The number of esters is 1. The molecule has 0 spiro atoms. The Kier molecular flexibility index (Phi) is 2.57. The fourth-order valence-electron chi connectivity index (χ4n) is 1.93. The molecule has 0 aliphatic carbocycles. The average Bonchev–Trinajstić information content (AvgIpc) is 2.64. The number of rotatable bonds is 2. The van der Waals surface area contributed by atoms with E-state index >= 15 is 0 Å². The summed E-state index contributed by atoms with van der Waals surface area (Å²) in [7, 11) is 0. The van der Waals surface area contributed by atoms with Crippen LogP contribution >= 0.6 is 0 Å². The third-order valence-electron chi connectivity index (χ3n) is 2.64. The minimum atomic E-state index is -0.172. The van der Waals surface area contributed by atoms with Gasteiger partial charge in [-0.15, -0.1) is 0 Å². The maximum absolute atomic E-state index is 11.4. The minimum absolute atomic E-state index is 0.172. The Morgan fingerprint density at radius 1 is 1.57 bits per heavy atom. The highest BCUT2D eigenvalue weighted by Gasteiger charge is 2.23. The monoisotopic (exact) mass is 193 g/mol. The summed E-state index contributed by atoms with van der Waals surface area (Å²) in [5.41, 5.74) is 2.13. The van der Waals surface area contributed by atoms with Gasteiger partial charge in [0, 0.05) is 18.8 Å². The lowest BCUT2D eigenvalue weighted by Gasteiger charge is -2.23. The minimum Gasteiger partial charge on any atom is -0.463 e. The van der Waals surface area contributed by atoms with E-state index in [1.165, 1.54) is 12.1 Å². The Balaban J connectivity index is 2.06. The van der Waals surface area contributed by atoms with E-state index in [-0.39, 0.29) is 5.97 Å². The smallest absolute Gasteiger partial charge is 0.335 e. The molecule has 0 atom stereocenters. The van der Waals surface area contributed by atoms with Crippen molar-refractivity contribution in [2.24, 2.45) is 0 Å². The summed E-state index contributed by atoms with van der Waals surface area (Å²) >= 11 is 0. The van der Waals surface area contributed by atoms with Gasteiger partial charge in [0.2, 0.25) is 0 Å². The van der Waals surface area contributed by atoms with E-state index in [1.807, 2.05) is 19.1 Å². The molecule has 0 saturated carbocycles. The normalized spacial score (nSPS) is 19.9. The lowest BCUT2D eigenvalue weighted by molar-refractivity contribution is -0.138. The molecule has 0 aromatic rings. The van der Waals surface area contributed by atoms with E-state index in [4.69, 9.17) is 4.74 Å². The number of carbonyl (C=O) groups excluding carboxylic acids is 1. The zero-order valence-electron chi connectivity index (χ0n) is 8.45. The van der Waals surface area contributed by atoms with Crippen molar-refractivity contribution in [3.63, 3.8) is 0 Å². The Bertz CT molecular complexity index is 304. The van der Waals surface area contributed by atoms with Crippen molar-refractivity contribution in [3.05, 3.63) is 23.4 Å². The Morgan fingerprint density at radius 3 is 3.21 bits per heavy atom. The quantitative estimate of drug-likeness (QED) is 0.622. The van der Waals surface area contributed by atoms with Crippen LogP contribution in [0.25, 0.3) is 0 Å². The molecule has 0 unspecified atom stereocenters. The van der Waals surface area contributed by atoms with E-state index in [2.05, 4.69) is 4.90 Å². The van der Waals surface area contributed by atoms with Gasteiger partial charge in [-0.1, -0.05) is 0 Å². The molecule has 2 aliphatic rings. The van der Waals surface area contributed by atoms with Crippen LogP contribution in [0.15, 0.2) is 23.4 Å². The van der Waals surface area contributed by atoms with Crippen molar-refractivity contribution in [3.8, 4) is 0 Å². The number of allylic oxidation sites excluding steroid dienone is 3. The third kappa shape index (κ3) is 1.67. The molecule has 0 aromatic heterocycles. The molecule has 76 valence electrons. The van der Waals surface area contributed by atoms with Crippen molar-refractivity contribution in [2.75, 3.05) is 19.7 Å². The first kappa shape index (κ1) is 9.31. The molecule has 1 fully saturated rings. The molecule has 0 N–H and O–H groups in total. The fraction of sp³-hybridized carbons (Fsp3) is 0.545. The molecular formula is C11H15NO2. The van der Waals surface area contributed by atoms with Crippen molar-refractivity contribution in [2.45, 2.75) is 19.8 Å². The zero-order chi connectivity index (χ0) is 9.97. The summed E-state index contributed by atoms with van der Waals surface area (Å²) in [5, 5.41) is 0. The van der Waals surface area contributed by atoms with Gasteiger partial charge in [0.25, 0.3) is 0 Å². The predicted octanol–water partition coefficient (Wildman–Crippen LogP) is 1.47. The average molecular weight is 193 g/mol. The van der Waals surface area contributed by atoms with Crippen LogP contribution in [0.4, 0.5) is 0 Å². The second-order valence-corrected chi connectivity index (χ2v) is 3.60. The van der Waals surface area contributed by atoms with Crippen LogP contribution in [0.3, 0.4) is 0 Å². The SMILES string of the molecule is CCOC(=O)C1=CC=C2CCCN2C1. The van der Waals surface area contributed by atoms with Gasteiger partial charge < -0.3 is 9.64 Å². The van der Waals surface area contributed by atoms with Crippen LogP contribution in [-0.4, -0.2) is 30.6 Å². The third-order valence-corrected chi connectivity index (χ3v) is 2.64. The standard InChI is InChI=1S/C11H15NO2/c1-2-14-11(13)9-5-6-10-4-3-7-12(10)8-9/h5-6H,2-4,7-8H2,1H3. The molecule has 2 rings (SSSR count). The van der Waals surface area contributed by atoms with Gasteiger partial charge in [-0.2, -0.15) is 0 Å². The number of fused-ring (bicyclic) bond motifs is 1. The van der Waals surface area contributed by atoms with Crippen LogP contribution in [-0.2, 0) is 9.53 Å². The fourth-order valence-corrected chi connectivity index (χ4v) is 1.93. The van der Waals surface area contributed by atoms with Gasteiger partial charge in [0.15, 0.2) is 0 Å². The molecule has 3 nitrogen and oxygen atoms in total. The molecule has 0 amide bonds. The van der Waals surface area contributed by atoms with Crippen LogP contribution in [0, 0.1) is 0 Å². The van der Waals surface area contributed by atoms with Crippen LogP contribution < -0.4 is 0 Å². The maximum Gasteiger partial charge on any atom is 0.335 e. The highest BCUT2D eigenvalue weighted by Crippen LogP contribution is 2.25. The van der Waals surface area contributed by atoms with Gasteiger partial charge in [0.1, 0.15) is 0 Å². The summed E-state index contributed by atoms with van der Waals surface area (Å²) in [6.45, 7) is 4.08. The first-order valence-corrected chi connectivity index (χ1v) is 5.13. The summed E-state index contributed by atoms with van der Waals surface area (Å²) < 4.78 is 4.97. The largest absolute Gasteiger partial charge is 0.463 e. The van der Waals surface area contributed by atoms with Crippen molar-refractivity contribution >= 4 is 5.97 Å². The van der Waals surface area contributed by atoms with E-state index in [9.17, 15) is 4.79 Å². The Hall–Kier alpha value is -1.25. The van der Waals surface area contributed by atoms with Crippen molar-refractivity contribution < 1.29 is 9.53 Å². The topological polar surface area (TPSA) is 29.5 Å². The summed E-state index contributed by atoms with van der Waals surface area (Å²) in [6.07, 6.45) is 6.29. The van der Waals surface area contributed by atoms with Gasteiger partial charge in [-0.3, -0.25) is 0 Å². The maximum atomic E-state index is 11.4. The summed E-state index contributed by atoms with van der Waals surface area (Å²) in [5.74, 6) is -0.172. The van der Waals surface area contributed by atoms with E-state index in [0.717, 1.165) is 25.1 Å². The summed E-state index contributed by atoms with van der Waals surface area (Å²) in [4.78, 5) is 13.7. The second-order valence-electron chi connectivity index (χ2n) is 3.60. The van der Waals surface area contributed by atoms with Crippen molar-refractivity contribution in [1.29, 1.82) is 0 Å². The van der Waals surface area contributed by atoms with E-state index < -0.39 is 0 Å². The number of carbonyl (C=O) groups is 1. The van der Waals surface area contributed by atoms with Gasteiger partial charge in [-0.25, -0.2) is 4.79 Å². The van der Waals surface area contributed by atoms with Crippen molar-refractivity contribution in [1.82, 2.24) is 4.90 Å². The zero-order valence-corrected chi connectivity index (χ0v) is 8.45. The van der Waals surface area contributed by atoms with Crippen LogP contribution in [0.1, 0.15) is 19.8 Å². The highest BCUT2D eigenvalue weighted by molar-refractivity contribution is 5.89. The molecule has 14 heavy (non-hydrogen) atoms. The highest BCUT2D eigenvalue weighted by atomic mass is 16.5. The number of ether oxygens (including phenoxy) is 1. The van der Waals surface area contributed by atoms with Crippen LogP contribution in [0.2, 0.25) is 0 Å². The van der Waals surface area contributed by atoms with E-state index in [0.29, 0.717) is 6.61 Å². The van der Waals surface area contributed by atoms with Gasteiger partial charge in [0.05, 0.1) is 12.2 Å². The predicted molar refractivity (Wildman–Crippen MR) is 53.6 cm³/mol. The lowest BCUT2D eigenvalue weighted by atomic mass is 10.1. The Morgan fingerprint density at radius 2 is 2.43 bits per heavy atom. The van der Waals surface area contributed by atoms with E-state index in [1.54, 1.807) is 0 Å². The summed E-state index contributed by atoms with van der Waals surface area (Å²) in [6, 6.07) is 0. The first-order valence-electron chi connectivity index (χ1n) is 5.13. The molecule has 2 heterocycles.